The zero-order chi connectivity index (χ0) is 27.1. The van der Waals surface area contributed by atoms with E-state index in [1.54, 1.807) is 42.5 Å². The Morgan fingerprint density at radius 3 is 2.34 bits per heavy atom. The molecule has 1 unspecified atom stereocenters. The van der Waals surface area contributed by atoms with Crippen molar-refractivity contribution in [2.45, 2.75) is 18.3 Å². The lowest BCUT2D eigenvalue weighted by Crippen LogP contribution is -2.27. The fourth-order valence-corrected chi connectivity index (χ4v) is 4.49. The molecular formula is C27H25N3O7S. The SMILES string of the molecule is CN(C(=O)O)c1cc(OCc2ccccc2)ccc1NC(=O)COc1ccc(CC2SC(=O)NC2=O)cc1. The van der Waals surface area contributed by atoms with Crippen molar-refractivity contribution in [2.75, 3.05) is 23.9 Å². The Hall–Kier alpha value is -4.51. The van der Waals surface area contributed by atoms with E-state index in [-0.39, 0.29) is 29.1 Å². The number of thioether (sulfide) groups is 1. The quantitative estimate of drug-likeness (QED) is 0.350. The maximum atomic E-state index is 12.6. The molecule has 3 N–H and O–H groups in total. The predicted molar refractivity (Wildman–Crippen MR) is 143 cm³/mol. The van der Waals surface area contributed by atoms with Gasteiger partial charge in [-0.2, -0.15) is 0 Å². The van der Waals surface area contributed by atoms with E-state index in [4.69, 9.17) is 9.47 Å². The van der Waals surface area contributed by atoms with E-state index in [1.165, 1.54) is 7.05 Å². The molecular weight excluding hydrogens is 510 g/mol. The lowest BCUT2D eigenvalue weighted by molar-refractivity contribution is -0.119. The maximum Gasteiger partial charge on any atom is 0.411 e. The molecule has 1 aliphatic rings. The van der Waals surface area contributed by atoms with Crippen LogP contribution in [-0.2, 0) is 22.6 Å². The number of anilines is 2. The number of nitrogens with one attached hydrogen (secondary N) is 2. The van der Waals surface area contributed by atoms with Gasteiger partial charge in [0, 0.05) is 13.1 Å². The number of hydrogen-bond acceptors (Lipinski definition) is 7. The van der Waals surface area contributed by atoms with Crippen LogP contribution in [0, 0.1) is 0 Å². The summed E-state index contributed by atoms with van der Waals surface area (Å²) in [5, 5.41) is 13.6. The summed E-state index contributed by atoms with van der Waals surface area (Å²) >= 11 is 0.963. The standard InChI is InChI=1S/C27H25N3O7S/c1-30(27(34)35)22-14-20(36-15-18-5-3-2-4-6-18)11-12-21(22)28-24(31)16-37-19-9-7-17(8-10-19)13-23-25(32)29-26(33)38-23/h2-12,14,23H,13,15-16H2,1H3,(H,28,31)(H,34,35)(H,29,32,33). The molecule has 1 fully saturated rings. The van der Waals surface area contributed by atoms with Gasteiger partial charge in [0.2, 0.25) is 5.91 Å². The number of amides is 4. The summed E-state index contributed by atoms with van der Waals surface area (Å²) < 4.78 is 11.4. The average Bonchev–Trinajstić information content (AvgIpc) is 3.23. The van der Waals surface area contributed by atoms with Gasteiger partial charge < -0.3 is 19.9 Å². The summed E-state index contributed by atoms with van der Waals surface area (Å²) in [4.78, 5) is 48.2. The van der Waals surface area contributed by atoms with Crippen LogP contribution in [0.25, 0.3) is 0 Å². The van der Waals surface area contributed by atoms with E-state index in [2.05, 4.69) is 10.6 Å². The topological polar surface area (TPSA) is 134 Å². The predicted octanol–water partition coefficient (Wildman–Crippen LogP) is 4.29. The Labute approximate surface area is 222 Å². The molecule has 0 spiro atoms. The number of carbonyl (C=O) groups is 4. The number of benzene rings is 3. The van der Waals surface area contributed by atoms with Gasteiger partial charge >= 0.3 is 6.09 Å². The number of carboxylic acid groups (broad SMARTS) is 1. The zero-order valence-corrected chi connectivity index (χ0v) is 21.2. The van der Waals surface area contributed by atoms with Crippen molar-refractivity contribution < 1.29 is 33.8 Å². The molecule has 0 aromatic heterocycles. The van der Waals surface area contributed by atoms with Gasteiger partial charge in [-0.05, 0) is 41.8 Å². The highest BCUT2D eigenvalue weighted by Gasteiger charge is 2.31. The molecule has 1 atom stereocenters. The minimum Gasteiger partial charge on any atom is -0.489 e. The number of nitrogens with zero attached hydrogens (tertiary/aromatic N) is 1. The number of hydrogen-bond donors (Lipinski definition) is 3. The Morgan fingerprint density at radius 1 is 0.974 bits per heavy atom. The second-order valence-corrected chi connectivity index (χ2v) is 9.54. The van der Waals surface area contributed by atoms with Gasteiger partial charge in [-0.15, -0.1) is 0 Å². The van der Waals surface area contributed by atoms with Crippen molar-refractivity contribution in [3.8, 4) is 11.5 Å². The monoisotopic (exact) mass is 535 g/mol. The molecule has 1 aliphatic heterocycles. The first kappa shape index (κ1) is 26.6. The molecule has 4 amide bonds. The molecule has 4 rings (SSSR count). The van der Waals surface area contributed by atoms with E-state index < -0.39 is 17.3 Å². The molecule has 0 radical (unpaired) electrons. The van der Waals surface area contributed by atoms with Crippen molar-refractivity contribution in [2.24, 2.45) is 0 Å². The van der Waals surface area contributed by atoms with E-state index in [1.807, 2.05) is 30.3 Å². The third-order valence-corrected chi connectivity index (χ3v) is 6.60. The third kappa shape index (κ3) is 7.04. The highest BCUT2D eigenvalue weighted by molar-refractivity contribution is 8.15. The molecule has 0 saturated carbocycles. The van der Waals surface area contributed by atoms with Crippen LogP contribution >= 0.6 is 11.8 Å². The van der Waals surface area contributed by atoms with Gasteiger partial charge in [-0.1, -0.05) is 54.2 Å². The summed E-state index contributed by atoms with van der Waals surface area (Å²) in [6.07, 6.45) is -0.802. The van der Waals surface area contributed by atoms with Gasteiger partial charge in [0.1, 0.15) is 18.1 Å². The van der Waals surface area contributed by atoms with Crippen molar-refractivity contribution in [3.63, 3.8) is 0 Å². The van der Waals surface area contributed by atoms with Crippen LogP contribution in [0.3, 0.4) is 0 Å². The van der Waals surface area contributed by atoms with Crippen LogP contribution in [0.2, 0.25) is 0 Å². The van der Waals surface area contributed by atoms with Crippen molar-refractivity contribution in [1.29, 1.82) is 0 Å². The smallest absolute Gasteiger partial charge is 0.411 e. The van der Waals surface area contributed by atoms with Gasteiger partial charge in [0.15, 0.2) is 6.61 Å². The second-order valence-electron chi connectivity index (χ2n) is 8.36. The van der Waals surface area contributed by atoms with E-state index in [9.17, 15) is 24.3 Å². The van der Waals surface area contributed by atoms with Crippen molar-refractivity contribution in [3.05, 3.63) is 83.9 Å². The van der Waals surface area contributed by atoms with Crippen LogP contribution in [0.1, 0.15) is 11.1 Å². The highest BCUT2D eigenvalue weighted by Crippen LogP contribution is 2.31. The highest BCUT2D eigenvalue weighted by atomic mass is 32.2. The fourth-order valence-electron chi connectivity index (χ4n) is 3.63. The van der Waals surface area contributed by atoms with E-state index in [0.29, 0.717) is 24.5 Å². The first-order valence-corrected chi connectivity index (χ1v) is 12.5. The van der Waals surface area contributed by atoms with Crippen LogP contribution in [0.15, 0.2) is 72.8 Å². The number of ether oxygens (including phenoxy) is 2. The summed E-state index contributed by atoms with van der Waals surface area (Å²) in [6, 6.07) is 21.2. The first-order valence-electron chi connectivity index (χ1n) is 11.6. The normalized spacial score (nSPS) is 14.5. The fraction of sp³-hybridized carbons (Fsp3) is 0.185. The minimum absolute atomic E-state index is 0.244. The largest absolute Gasteiger partial charge is 0.489 e. The van der Waals surface area contributed by atoms with Gasteiger partial charge in [-0.25, -0.2) is 4.79 Å². The lowest BCUT2D eigenvalue weighted by Gasteiger charge is -2.19. The number of rotatable bonds is 10. The second kappa shape index (κ2) is 12.2. The molecule has 3 aromatic rings. The Balaban J connectivity index is 1.35. The summed E-state index contributed by atoms with van der Waals surface area (Å²) in [5.74, 6) is 0.102. The van der Waals surface area contributed by atoms with Gasteiger partial charge in [0.25, 0.3) is 11.1 Å². The number of imide groups is 1. The number of carbonyl (C=O) groups excluding carboxylic acids is 3. The molecule has 3 aromatic carbocycles. The average molecular weight is 536 g/mol. The molecule has 10 nitrogen and oxygen atoms in total. The molecule has 1 saturated heterocycles. The molecule has 196 valence electrons. The zero-order valence-electron chi connectivity index (χ0n) is 20.4. The van der Waals surface area contributed by atoms with E-state index in [0.717, 1.165) is 27.8 Å². The van der Waals surface area contributed by atoms with Gasteiger partial charge in [0.05, 0.1) is 16.6 Å². The molecule has 0 aliphatic carbocycles. The maximum absolute atomic E-state index is 12.6. The summed E-state index contributed by atoms with van der Waals surface area (Å²) in [5.41, 5.74) is 2.34. The molecule has 11 heteroatoms. The molecule has 0 bridgehead atoms. The molecule has 38 heavy (non-hydrogen) atoms. The van der Waals surface area contributed by atoms with Crippen molar-refractivity contribution in [1.82, 2.24) is 5.32 Å². The van der Waals surface area contributed by atoms with Crippen LogP contribution in [0.5, 0.6) is 11.5 Å². The van der Waals surface area contributed by atoms with E-state index >= 15 is 0 Å². The van der Waals surface area contributed by atoms with Crippen LogP contribution in [-0.4, -0.2) is 47.2 Å². The Kier molecular flexibility index (Phi) is 8.49. The summed E-state index contributed by atoms with van der Waals surface area (Å²) in [7, 11) is 1.37. The van der Waals surface area contributed by atoms with Gasteiger partial charge in [-0.3, -0.25) is 24.6 Å². The minimum atomic E-state index is -1.20. The Bertz CT molecular complexity index is 1330. The third-order valence-electron chi connectivity index (χ3n) is 5.62. The summed E-state index contributed by atoms with van der Waals surface area (Å²) in [6.45, 7) is -0.00255. The van der Waals surface area contributed by atoms with Crippen LogP contribution < -0.4 is 25.0 Å². The van der Waals surface area contributed by atoms with Crippen LogP contribution in [0.4, 0.5) is 21.0 Å². The Morgan fingerprint density at radius 2 is 1.68 bits per heavy atom. The first-order chi connectivity index (χ1) is 18.3. The van der Waals surface area contributed by atoms with Crippen molar-refractivity contribution >= 4 is 46.3 Å². The lowest BCUT2D eigenvalue weighted by atomic mass is 10.1. The molecule has 1 heterocycles.